The highest BCUT2D eigenvalue weighted by Gasteiger charge is 2.39. The van der Waals surface area contributed by atoms with Crippen LogP contribution in [0.3, 0.4) is 0 Å². The molecular formula is C14H18N2O3S. The molecule has 1 N–H and O–H groups in total. The van der Waals surface area contributed by atoms with Gasteiger partial charge in [0.2, 0.25) is 10.0 Å². The zero-order valence-corrected chi connectivity index (χ0v) is 12.0. The maximum Gasteiger partial charge on any atom is 0.243 e. The van der Waals surface area contributed by atoms with E-state index in [1.165, 1.54) is 0 Å². The zero-order chi connectivity index (χ0) is 13.7. The van der Waals surface area contributed by atoms with Gasteiger partial charge in [0.25, 0.3) is 0 Å². The number of ether oxygens (including phenoxy) is 1. The Labute approximate surface area is 119 Å². The van der Waals surface area contributed by atoms with Crippen LogP contribution in [-0.2, 0) is 21.2 Å². The van der Waals surface area contributed by atoms with Crippen LogP contribution in [0.2, 0.25) is 0 Å². The van der Waals surface area contributed by atoms with Gasteiger partial charge in [-0.05, 0) is 43.0 Å². The summed E-state index contributed by atoms with van der Waals surface area (Å²) in [4.78, 5) is 0.418. The third-order valence-corrected chi connectivity index (χ3v) is 6.26. The predicted molar refractivity (Wildman–Crippen MR) is 75.3 cm³/mol. The number of nitrogens with one attached hydrogen (secondary N) is 1. The molecule has 5 nitrogen and oxygen atoms in total. The number of hydrogen-bond acceptors (Lipinski definition) is 4. The summed E-state index contributed by atoms with van der Waals surface area (Å²) in [6, 6.07) is 5.41. The molecule has 0 aliphatic carbocycles. The number of benzene rings is 1. The van der Waals surface area contributed by atoms with E-state index in [1.54, 1.807) is 10.4 Å². The largest absolute Gasteiger partial charge is 0.384 e. The topological polar surface area (TPSA) is 58.6 Å². The fourth-order valence-electron chi connectivity index (χ4n) is 3.36. The summed E-state index contributed by atoms with van der Waals surface area (Å²) >= 11 is 0. The van der Waals surface area contributed by atoms with Crippen molar-refractivity contribution in [3.63, 3.8) is 0 Å². The van der Waals surface area contributed by atoms with E-state index in [2.05, 4.69) is 5.32 Å². The number of morpholine rings is 1. The van der Waals surface area contributed by atoms with Crippen LogP contribution in [0, 0.1) is 0 Å². The van der Waals surface area contributed by atoms with Crippen molar-refractivity contribution in [2.45, 2.75) is 36.4 Å². The molecule has 108 valence electrons. The number of rotatable bonds is 2. The van der Waals surface area contributed by atoms with E-state index in [0.29, 0.717) is 18.0 Å². The van der Waals surface area contributed by atoms with Gasteiger partial charge >= 0.3 is 0 Å². The Hall–Kier alpha value is -1.11. The first-order chi connectivity index (χ1) is 9.63. The monoisotopic (exact) mass is 294 g/mol. The lowest BCUT2D eigenvalue weighted by molar-refractivity contribution is -0.0114. The van der Waals surface area contributed by atoms with Gasteiger partial charge in [0, 0.05) is 25.3 Å². The fourth-order valence-corrected chi connectivity index (χ4v) is 4.92. The lowest BCUT2D eigenvalue weighted by Crippen LogP contribution is -2.45. The van der Waals surface area contributed by atoms with Gasteiger partial charge in [0.1, 0.15) is 0 Å². The van der Waals surface area contributed by atoms with Crippen LogP contribution < -0.4 is 5.32 Å². The summed E-state index contributed by atoms with van der Waals surface area (Å²) < 4.78 is 32.8. The Bertz CT molecular complexity index is 632. The first kappa shape index (κ1) is 12.6. The first-order valence-corrected chi connectivity index (χ1v) is 8.59. The number of nitrogens with zero attached hydrogens (tertiary/aromatic N) is 1. The quantitative estimate of drug-likeness (QED) is 0.890. The van der Waals surface area contributed by atoms with Crippen molar-refractivity contribution in [1.29, 1.82) is 0 Å². The summed E-state index contributed by atoms with van der Waals surface area (Å²) in [6.45, 7) is 1.88. The van der Waals surface area contributed by atoms with E-state index >= 15 is 0 Å². The molecule has 0 amide bonds. The van der Waals surface area contributed by atoms with Crippen molar-refractivity contribution in [1.82, 2.24) is 4.31 Å². The van der Waals surface area contributed by atoms with Gasteiger partial charge in [-0.1, -0.05) is 0 Å². The lowest BCUT2D eigenvalue weighted by atomic mass is 10.2. The van der Waals surface area contributed by atoms with Crippen LogP contribution in [0.5, 0.6) is 0 Å². The van der Waals surface area contributed by atoms with E-state index in [9.17, 15) is 8.42 Å². The van der Waals surface area contributed by atoms with Crippen LogP contribution in [0.1, 0.15) is 18.4 Å². The molecule has 2 bridgehead atoms. The van der Waals surface area contributed by atoms with Crippen molar-refractivity contribution < 1.29 is 13.2 Å². The molecule has 2 saturated heterocycles. The average molecular weight is 294 g/mol. The van der Waals surface area contributed by atoms with E-state index in [0.717, 1.165) is 37.1 Å². The maximum absolute atomic E-state index is 12.8. The third kappa shape index (κ3) is 1.94. The van der Waals surface area contributed by atoms with Crippen molar-refractivity contribution in [3.05, 3.63) is 23.8 Å². The smallest absolute Gasteiger partial charge is 0.243 e. The van der Waals surface area contributed by atoms with Crippen LogP contribution in [0.4, 0.5) is 5.69 Å². The van der Waals surface area contributed by atoms with Gasteiger partial charge < -0.3 is 10.1 Å². The minimum absolute atomic E-state index is 0.0830. The van der Waals surface area contributed by atoms with Crippen LogP contribution in [0.25, 0.3) is 0 Å². The Morgan fingerprint density at radius 2 is 1.95 bits per heavy atom. The van der Waals surface area contributed by atoms with Gasteiger partial charge in [0.15, 0.2) is 0 Å². The molecule has 4 rings (SSSR count). The maximum atomic E-state index is 12.8. The highest BCUT2D eigenvalue weighted by atomic mass is 32.2. The molecule has 2 unspecified atom stereocenters. The number of hydrogen-bond donors (Lipinski definition) is 1. The number of sulfonamides is 1. The normalized spacial score (nSPS) is 29.2. The number of anilines is 1. The van der Waals surface area contributed by atoms with Gasteiger partial charge in [0.05, 0.1) is 17.1 Å². The lowest BCUT2D eigenvalue weighted by Gasteiger charge is -2.31. The van der Waals surface area contributed by atoms with Gasteiger partial charge in [-0.15, -0.1) is 0 Å². The molecule has 0 aromatic heterocycles. The molecular weight excluding hydrogens is 276 g/mol. The molecule has 2 fully saturated rings. The molecule has 1 aromatic rings. The average Bonchev–Trinajstić information content (AvgIpc) is 3.04. The van der Waals surface area contributed by atoms with Crippen LogP contribution in [0.15, 0.2) is 23.1 Å². The Morgan fingerprint density at radius 3 is 2.70 bits per heavy atom. The van der Waals surface area contributed by atoms with E-state index in [-0.39, 0.29) is 12.2 Å². The Balaban J connectivity index is 1.66. The summed E-state index contributed by atoms with van der Waals surface area (Å²) in [5.41, 5.74) is 2.16. The molecule has 0 saturated carbocycles. The number of fused-ring (bicyclic) bond motifs is 3. The van der Waals surface area contributed by atoms with E-state index in [1.807, 2.05) is 12.1 Å². The van der Waals surface area contributed by atoms with Crippen LogP contribution in [-0.4, -0.2) is 44.6 Å². The highest BCUT2D eigenvalue weighted by molar-refractivity contribution is 7.89. The Morgan fingerprint density at radius 1 is 1.20 bits per heavy atom. The van der Waals surface area contributed by atoms with Gasteiger partial charge in [-0.25, -0.2) is 8.42 Å². The van der Waals surface area contributed by atoms with E-state index < -0.39 is 10.0 Å². The summed E-state index contributed by atoms with van der Waals surface area (Å²) in [5.74, 6) is 0. The summed E-state index contributed by atoms with van der Waals surface area (Å²) in [6.07, 6.45) is 3.02. The highest BCUT2D eigenvalue weighted by Crippen LogP contribution is 2.31. The molecule has 6 heteroatoms. The SMILES string of the molecule is O=S(=O)(c1ccc2c(c1)CCN2)N1CC2CCC(C1)O2. The van der Waals surface area contributed by atoms with Crippen molar-refractivity contribution >= 4 is 15.7 Å². The van der Waals surface area contributed by atoms with Gasteiger partial charge in [-0.2, -0.15) is 4.31 Å². The predicted octanol–water partition coefficient (Wildman–Crippen LogP) is 1.21. The van der Waals surface area contributed by atoms with Gasteiger partial charge in [-0.3, -0.25) is 0 Å². The molecule has 0 radical (unpaired) electrons. The molecule has 2 atom stereocenters. The molecule has 3 heterocycles. The fraction of sp³-hybridized carbons (Fsp3) is 0.571. The third-order valence-electron chi connectivity index (χ3n) is 4.43. The minimum Gasteiger partial charge on any atom is -0.384 e. The van der Waals surface area contributed by atoms with Crippen LogP contribution >= 0.6 is 0 Å². The second kappa shape index (κ2) is 4.44. The minimum atomic E-state index is -3.38. The molecule has 3 aliphatic heterocycles. The molecule has 1 aromatic carbocycles. The first-order valence-electron chi connectivity index (χ1n) is 7.15. The molecule has 3 aliphatic rings. The summed E-state index contributed by atoms with van der Waals surface area (Å²) in [5, 5.41) is 3.25. The van der Waals surface area contributed by atoms with Crippen molar-refractivity contribution in [3.8, 4) is 0 Å². The molecule has 20 heavy (non-hydrogen) atoms. The standard InChI is InChI=1S/C14H18N2O3S/c17-20(18,16-8-11-1-2-12(9-16)19-11)13-3-4-14-10(7-13)5-6-15-14/h3-4,7,11-12,15H,1-2,5-6,8-9H2. The second-order valence-corrected chi connectivity index (χ2v) is 7.71. The zero-order valence-electron chi connectivity index (χ0n) is 11.2. The van der Waals surface area contributed by atoms with Crippen molar-refractivity contribution in [2.24, 2.45) is 0 Å². The second-order valence-electron chi connectivity index (χ2n) is 5.78. The summed E-state index contributed by atoms with van der Waals surface area (Å²) in [7, 11) is -3.38. The van der Waals surface area contributed by atoms with Crippen molar-refractivity contribution in [2.75, 3.05) is 25.0 Å². The molecule has 0 spiro atoms. The van der Waals surface area contributed by atoms with E-state index in [4.69, 9.17) is 4.74 Å². The Kier molecular flexibility index (Phi) is 2.80.